The lowest BCUT2D eigenvalue weighted by atomic mass is 10.2. The van der Waals surface area contributed by atoms with Crippen LogP contribution in [0.3, 0.4) is 0 Å². The first-order valence-corrected chi connectivity index (χ1v) is 8.98. The molecule has 1 N–H and O–H groups in total. The van der Waals surface area contributed by atoms with Crippen LogP contribution in [0.25, 0.3) is 5.69 Å². The Morgan fingerprint density at radius 1 is 1.15 bits per heavy atom. The summed E-state index contributed by atoms with van der Waals surface area (Å²) in [6.45, 7) is 7.33. The van der Waals surface area contributed by atoms with Crippen LogP contribution in [-0.2, 0) is 4.74 Å². The molecule has 0 radical (unpaired) electrons. The van der Waals surface area contributed by atoms with E-state index in [4.69, 9.17) is 4.74 Å². The van der Waals surface area contributed by atoms with E-state index >= 15 is 0 Å². The van der Waals surface area contributed by atoms with Crippen molar-refractivity contribution in [3.05, 3.63) is 42.1 Å². The molecule has 0 aliphatic carbocycles. The number of hydrogen-bond donors (Lipinski definition) is 1. The summed E-state index contributed by atoms with van der Waals surface area (Å²) in [4.78, 5) is 26.6. The molecule has 2 rings (SSSR count). The van der Waals surface area contributed by atoms with E-state index in [9.17, 15) is 9.59 Å². The number of nitrogens with zero attached hydrogens (tertiary/aromatic N) is 3. The number of hydrogen-bond acceptors (Lipinski definition) is 4. The number of benzene rings is 1. The first kappa shape index (κ1) is 19.5. The molecule has 0 bridgehead atoms. The second-order valence-corrected chi connectivity index (χ2v) is 5.75. The molecule has 1 aromatic heterocycles. The van der Waals surface area contributed by atoms with E-state index in [0.29, 0.717) is 31.1 Å². The summed E-state index contributed by atoms with van der Waals surface area (Å²) in [5.74, 6) is 0.135. The SMILES string of the molecule is CCCCOC(=O)Nc1c(C(=O)N(CC)CC)cnn1-c1ccccc1. The number of carbonyl (C=O) groups is 2. The van der Waals surface area contributed by atoms with Gasteiger partial charge in [0.1, 0.15) is 5.56 Å². The number of nitrogens with one attached hydrogen (secondary N) is 1. The monoisotopic (exact) mass is 358 g/mol. The van der Waals surface area contributed by atoms with Crippen LogP contribution in [0.2, 0.25) is 0 Å². The van der Waals surface area contributed by atoms with Crippen molar-refractivity contribution < 1.29 is 14.3 Å². The number of aromatic nitrogens is 2. The lowest BCUT2D eigenvalue weighted by molar-refractivity contribution is 0.0774. The second kappa shape index (κ2) is 9.60. The van der Waals surface area contributed by atoms with Gasteiger partial charge in [-0.05, 0) is 32.4 Å². The van der Waals surface area contributed by atoms with Gasteiger partial charge in [0.2, 0.25) is 0 Å². The third kappa shape index (κ3) is 4.62. The van der Waals surface area contributed by atoms with Crippen LogP contribution in [0.15, 0.2) is 36.5 Å². The summed E-state index contributed by atoms with van der Waals surface area (Å²) in [5, 5.41) is 7.00. The van der Waals surface area contributed by atoms with Crippen LogP contribution in [-0.4, -0.2) is 46.4 Å². The Balaban J connectivity index is 2.35. The molecule has 2 amide bonds. The van der Waals surface area contributed by atoms with Crippen molar-refractivity contribution in [2.24, 2.45) is 0 Å². The maximum absolute atomic E-state index is 12.8. The molecule has 0 saturated carbocycles. The third-order valence-electron chi connectivity index (χ3n) is 4.00. The zero-order valence-electron chi connectivity index (χ0n) is 15.6. The lowest BCUT2D eigenvalue weighted by Crippen LogP contribution is -2.31. The van der Waals surface area contributed by atoms with Gasteiger partial charge in [-0.25, -0.2) is 9.48 Å². The molecule has 140 valence electrons. The summed E-state index contributed by atoms with van der Waals surface area (Å²) in [6.07, 6.45) is 2.61. The van der Waals surface area contributed by atoms with Crippen molar-refractivity contribution in [2.45, 2.75) is 33.6 Å². The van der Waals surface area contributed by atoms with Gasteiger partial charge in [0.25, 0.3) is 5.91 Å². The van der Waals surface area contributed by atoms with Crippen LogP contribution in [0, 0.1) is 0 Å². The van der Waals surface area contributed by atoms with Crippen LogP contribution >= 0.6 is 0 Å². The van der Waals surface area contributed by atoms with Crippen molar-refractivity contribution >= 4 is 17.8 Å². The molecular formula is C19H26N4O3. The van der Waals surface area contributed by atoms with Crippen LogP contribution in [0.4, 0.5) is 10.6 Å². The first-order valence-electron chi connectivity index (χ1n) is 8.98. The smallest absolute Gasteiger partial charge is 0.412 e. The van der Waals surface area contributed by atoms with Gasteiger partial charge in [-0.15, -0.1) is 0 Å². The highest BCUT2D eigenvalue weighted by Gasteiger charge is 2.23. The quantitative estimate of drug-likeness (QED) is 0.730. The molecule has 0 saturated heterocycles. The van der Waals surface area contributed by atoms with E-state index in [-0.39, 0.29) is 5.91 Å². The van der Waals surface area contributed by atoms with E-state index in [1.807, 2.05) is 51.1 Å². The van der Waals surface area contributed by atoms with Crippen molar-refractivity contribution in [3.63, 3.8) is 0 Å². The number of amides is 2. The Kier molecular flexibility index (Phi) is 7.20. The fourth-order valence-electron chi connectivity index (χ4n) is 2.51. The molecule has 7 heteroatoms. The number of carbonyl (C=O) groups excluding carboxylic acids is 2. The number of anilines is 1. The van der Waals surface area contributed by atoms with Gasteiger partial charge in [0.05, 0.1) is 18.5 Å². The maximum Gasteiger partial charge on any atom is 0.412 e. The van der Waals surface area contributed by atoms with Gasteiger partial charge in [-0.1, -0.05) is 31.5 Å². The maximum atomic E-state index is 12.8. The van der Waals surface area contributed by atoms with Gasteiger partial charge in [0.15, 0.2) is 5.82 Å². The van der Waals surface area contributed by atoms with Crippen LogP contribution in [0.5, 0.6) is 0 Å². The fourth-order valence-corrected chi connectivity index (χ4v) is 2.51. The first-order chi connectivity index (χ1) is 12.6. The largest absolute Gasteiger partial charge is 0.449 e. The van der Waals surface area contributed by atoms with Crippen molar-refractivity contribution in [1.82, 2.24) is 14.7 Å². The lowest BCUT2D eigenvalue weighted by Gasteiger charge is -2.19. The molecule has 2 aromatic rings. The fraction of sp³-hybridized carbons (Fsp3) is 0.421. The molecule has 1 aromatic carbocycles. The Labute approximate surface area is 153 Å². The number of ether oxygens (including phenoxy) is 1. The van der Waals surface area contributed by atoms with Gasteiger partial charge in [0, 0.05) is 13.1 Å². The average molecular weight is 358 g/mol. The summed E-state index contributed by atoms with van der Waals surface area (Å²) in [6, 6.07) is 9.33. The van der Waals surface area contributed by atoms with Crippen LogP contribution in [0.1, 0.15) is 44.0 Å². The van der Waals surface area contributed by atoms with Gasteiger partial charge in [-0.2, -0.15) is 5.10 Å². The van der Waals surface area contributed by atoms with Gasteiger partial charge < -0.3 is 9.64 Å². The predicted molar refractivity (Wildman–Crippen MR) is 101 cm³/mol. The standard InChI is InChI=1S/C19H26N4O3/c1-4-7-13-26-19(25)21-17-16(18(24)22(5-2)6-3)14-20-23(17)15-11-9-8-10-12-15/h8-12,14H,4-7,13H2,1-3H3,(H,21,25). The summed E-state index contributed by atoms with van der Waals surface area (Å²) < 4.78 is 6.72. The molecule has 0 aliphatic heterocycles. The van der Waals surface area contributed by atoms with E-state index in [1.54, 1.807) is 4.90 Å². The summed E-state index contributed by atoms with van der Waals surface area (Å²) in [5.41, 5.74) is 1.08. The minimum absolute atomic E-state index is 0.180. The molecule has 0 aliphatic rings. The normalized spacial score (nSPS) is 10.4. The highest BCUT2D eigenvalue weighted by molar-refractivity contribution is 6.01. The molecule has 26 heavy (non-hydrogen) atoms. The van der Waals surface area contributed by atoms with E-state index in [2.05, 4.69) is 10.4 Å². The number of para-hydroxylation sites is 1. The molecule has 0 fully saturated rings. The van der Waals surface area contributed by atoms with Crippen molar-refractivity contribution in [3.8, 4) is 5.69 Å². The predicted octanol–water partition coefficient (Wildman–Crippen LogP) is 3.70. The minimum Gasteiger partial charge on any atom is -0.449 e. The average Bonchev–Trinajstić information content (AvgIpc) is 3.07. The molecular weight excluding hydrogens is 332 g/mol. The Hall–Kier alpha value is -2.83. The topological polar surface area (TPSA) is 76.5 Å². The molecule has 0 spiro atoms. The summed E-state index contributed by atoms with van der Waals surface area (Å²) >= 11 is 0. The summed E-state index contributed by atoms with van der Waals surface area (Å²) in [7, 11) is 0. The zero-order valence-corrected chi connectivity index (χ0v) is 15.6. The Morgan fingerprint density at radius 2 is 1.85 bits per heavy atom. The second-order valence-electron chi connectivity index (χ2n) is 5.75. The number of unbranched alkanes of at least 4 members (excludes halogenated alkanes) is 1. The minimum atomic E-state index is -0.593. The van der Waals surface area contributed by atoms with E-state index < -0.39 is 6.09 Å². The van der Waals surface area contributed by atoms with Gasteiger partial charge >= 0.3 is 6.09 Å². The van der Waals surface area contributed by atoms with Crippen molar-refractivity contribution in [2.75, 3.05) is 25.0 Å². The van der Waals surface area contributed by atoms with Crippen molar-refractivity contribution in [1.29, 1.82) is 0 Å². The van der Waals surface area contributed by atoms with Gasteiger partial charge in [-0.3, -0.25) is 10.1 Å². The molecule has 1 heterocycles. The Bertz CT molecular complexity index is 724. The third-order valence-corrected chi connectivity index (χ3v) is 4.00. The van der Waals surface area contributed by atoms with E-state index in [0.717, 1.165) is 18.5 Å². The molecule has 7 nitrogen and oxygen atoms in total. The zero-order chi connectivity index (χ0) is 18.9. The number of rotatable bonds is 8. The van der Waals surface area contributed by atoms with Crippen LogP contribution < -0.4 is 5.32 Å². The van der Waals surface area contributed by atoms with E-state index in [1.165, 1.54) is 10.9 Å². The highest BCUT2D eigenvalue weighted by Crippen LogP contribution is 2.22. The molecule has 0 atom stereocenters. The Morgan fingerprint density at radius 3 is 2.46 bits per heavy atom. The molecule has 0 unspecified atom stereocenters. The highest BCUT2D eigenvalue weighted by atomic mass is 16.5.